The van der Waals surface area contributed by atoms with Crippen molar-refractivity contribution in [2.45, 2.75) is 26.8 Å². The first-order valence-corrected chi connectivity index (χ1v) is 10.5. The molecule has 0 spiro atoms. The zero-order valence-corrected chi connectivity index (χ0v) is 19.7. The van der Waals surface area contributed by atoms with E-state index in [0.29, 0.717) is 11.4 Å². The van der Waals surface area contributed by atoms with Crippen LogP contribution in [0, 0.1) is 10.1 Å². The van der Waals surface area contributed by atoms with Crippen molar-refractivity contribution in [1.29, 1.82) is 0 Å². The molecule has 0 aliphatic heterocycles. The van der Waals surface area contributed by atoms with Crippen LogP contribution in [0.2, 0.25) is 0 Å². The minimum Gasteiger partial charge on any atom is -0.465 e. The summed E-state index contributed by atoms with van der Waals surface area (Å²) in [5.74, 6) is -1.12. The van der Waals surface area contributed by atoms with Gasteiger partial charge in [0, 0.05) is 11.6 Å². The molecule has 0 unspecified atom stereocenters. The number of nitrogens with zero attached hydrogens (tertiary/aromatic N) is 3. The van der Waals surface area contributed by atoms with Crippen LogP contribution in [-0.2, 0) is 22.5 Å². The van der Waals surface area contributed by atoms with Gasteiger partial charge in [0.15, 0.2) is 0 Å². The van der Waals surface area contributed by atoms with Gasteiger partial charge in [-0.3, -0.25) is 19.9 Å². The van der Waals surface area contributed by atoms with E-state index in [9.17, 15) is 19.7 Å². The average Bonchev–Trinajstić information content (AvgIpc) is 2.87. The second-order valence-electron chi connectivity index (χ2n) is 6.57. The predicted octanol–water partition coefficient (Wildman–Crippen LogP) is 5.26. The number of esters is 1. The van der Waals surface area contributed by atoms with Gasteiger partial charge in [0.25, 0.3) is 5.69 Å². The van der Waals surface area contributed by atoms with Crippen molar-refractivity contribution in [3.8, 4) is 0 Å². The highest BCUT2D eigenvalue weighted by atomic mass is 16.6. The largest absolute Gasteiger partial charge is 0.465 e. The Morgan fingerprint density at radius 3 is 2.26 bits per heavy atom. The highest BCUT2D eigenvalue weighted by molar-refractivity contribution is 5.91. The summed E-state index contributed by atoms with van der Waals surface area (Å²) < 4.78 is 4.68. The van der Waals surface area contributed by atoms with Crippen LogP contribution in [0.15, 0.2) is 90.2 Å². The minimum absolute atomic E-state index is 0.0797. The van der Waals surface area contributed by atoms with Crippen molar-refractivity contribution in [3.63, 3.8) is 0 Å². The number of hydrogen-bond acceptors (Lipinski definition) is 6. The van der Waals surface area contributed by atoms with Gasteiger partial charge in [0.2, 0.25) is 5.91 Å². The first kappa shape index (κ1) is 27.7. The molecular formula is C26H29N3O5. The monoisotopic (exact) mass is 463 g/mol. The molecule has 0 aromatic heterocycles. The molecule has 178 valence electrons. The number of aliphatic imine (C=N–C) groups is 1. The summed E-state index contributed by atoms with van der Waals surface area (Å²) in [7, 11) is 1.20. The lowest BCUT2D eigenvalue weighted by molar-refractivity contribution is -0.385. The van der Waals surface area contributed by atoms with E-state index >= 15 is 0 Å². The maximum atomic E-state index is 13.4. The zero-order chi connectivity index (χ0) is 25.7. The van der Waals surface area contributed by atoms with Crippen LogP contribution in [0.25, 0.3) is 0 Å². The SMILES string of the molecule is C=C/C(N=C)=C(\C=C)N(Cc1ccccc1)C(=O)Cc1cc(C(=O)OC)ccc1[N+](=O)[O-].CC. The van der Waals surface area contributed by atoms with Gasteiger partial charge < -0.3 is 9.64 Å². The Bertz CT molecular complexity index is 1080. The lowest BCUT2D eigenvalue weighted by Gasteiger charge is -2.25. The van der Waals surface area contributed by atoms with E-state index in [0.717, 1.165) is 5.56 Å². The normalized spacial score (nSPS) is 10.6. The molecule has 0 bridgehead atoms. The molecule has 2 aromatic rings. The Labute approximate surface area is 199 Å². The zero-order valence-electron chi connectivity index (χ0n) is 19.7. The van der Waals surface area contributed by atoms with Gasteiger partial charge in [-0.05, 0) is 36.6 Å². The number of hydrogen-bond donors (Lipinski definition) is 0. The third kappa shape index (κ3) is 7.09. The number of carbonyl (C=O) groups excluding carboxylic acids is 2. The van der Waals surface area contributed by atoms with Crippen LogP contribution < -0.4 is 0 Å². The van der Waals surface area contributed by atoms with E-state index in [4.69, 9.17) is 0 Å². The molecule has 8 heteroatoms. The summed E-state index contributed by atoms with van der Waals surface area (Å²) in [5.41, 5.74) is 1.43. The maximum Gasteiger partial charge on any atom is 0.337 e. The number of benzene rings is 2. The summed E-state index contributed by atoms with van der Waals surface area (Å²) in [5, 5.41) is 11.5. The van der Waals surface area contributed by atoms with Crippen molar-refractivity contribution >= 4 is 24.3 Å². The van der Waals surface area contributed by atoms with Gasteiger partial charge in [-0.25, -0.2) is 4.79 Å². The molecule has 1 amide bonds. The molecule has 0 atom stereocenters. The first-order chi connectivity index (χ1) is 16.4. The highest BCUT2D eigenvalue weighted by Crippen LogP contribution is 2.24. The third-order valence-electron chi connectivity index (χ3n) is 4.63. The Balaban J connectivity index is 0.00000281. The number of nitro groups is 1. The topological polar surface area (TPSA) is 102 Å². The van der Waals surface area contributed by atoms with E-state index in [1.165, 1.54) is 42.4 Å². The Morgan fingerprint density at radius 2 is 1.76 bits per heavy atom. The number of rotatable bonds is 10. The smallest absolute Gasteiger partial charge is 0.337 e. The van der Waals surface area contributed by atoms with Gasteiger partial charge in [-0.1, -0.05) is 57.3 Å². The summed E-state index contributed by atoms with van der Waals surface area (Å²) in [6, 6.07) is 13.0. The van der Waals surface area contributed by atoms with Crippen LogP contribution >= 0.6 is 0 Å². The quantitative estimate of drug-likeness (QED) is 0.157. The van der Waals surface area contributed by atoms with Crippen molar-refractivity contribution < 1.29 is 19.2 Å². The van der Waals surface area contributed by atoms with Crippen LogP contribution in [-0.4, -0.2) is 35.5 Å². The highest BCUT2D eigenvalue weighted by Gasteiger charge is 2.24. The van der Waals surface area contributed by atoms with Crippen LogP contribution in [0.3, 0.4) is 0 Å². The molecule has 0 N–H and O–H groups in total. The third-order valence-corrected chi connectivity index (χ3v) is 4.63. The van der Waals surface area contributed by atoms with E-state index in [1.807, 2.05) is 44.2 Å². The molecule has 0 aliphatic carbocycles. The lowest BCUT2D eigenvalue weighted by atomic mass is 10.0. The maximum absolute atomic E-state index is 13.4. The molecule has 0 saturated heterocycles. The van der Waals surface area contributed by atoms with E-state index < -0.39 is 16.8 Å². The fourth-order valence-corrected chi connectivity index (χ4v) is 3.09. The number of carbonyl (C=O) groups is 2. The molecule has 0 heterocycles. The molecular weight excluding hydrogens is 434 g/mol. The van der Waals surface area contributed by atoms with Gasteiger partial charge in [-0.2, -0.15) is 0 Å². The van der Waals surface area contributed by atoms with Gasteiger partial charge >= 0.3 is 5.97 Å². The van der Waals surface area contributed by atoms with E-state index in [1.54, 1.807) is 0 Å². The molecule has 0 aliphatic rings. The van der Waals surface area contributed by atoms with Gasteiger partial charge in [0.05, 0.1) is 42.0 Å². The second-order valence-corrected chi connectivity index (χ2v) is 6.57. The molecule has 0 fully saturated rings. The second kappa shape index (κ2) is 13.9. The number of amides is 1. The molecule has 34 heavy (non-hydrogen) atoms. The Kier molecular flexibility index (Phi) is 11.4. The predicted molar refractivity (Wildman–Crippen MR) is 133 cm³/mol. The molecule has 2 aromatic carbocycles. The molecule has 0 radical (unpaired) electrons. The van der Waals surface area contributed by atoms with Crippen molar-refractivity contribution in [2.24, 2.45) is 4.99 Å². The van der Waals surface area contributed by atoms with Gasteiger partial charge in [-0.15, -0.1) is 0 Å². The molecule has 8 nitrogen and oxygen atoms in total. The number of ether oxygens (including phenoxy) is 1. The summed E-state index contributed by atoms with van der Waals surface area (Å²) >= 11 is 0. The summed E-state index contributed by atoms with van der Waals surface area (Å²) in [6.07, 6.45) is 2.55. The number of methoxy groups -OCH3 is 1. The number of allylic oxidation sites excluding steroid dienone is 2. The fraction of sp³-hybridized carbons (Fsp3) is 0.192. The first-order valence-electron chi connectivity index (χ1n) is 10.5. The average molecular weight is 464 g/mol. The Morgan fingerprint density at radius 1 is 1.12 bits per heavy atom. The van der Waals surface area contributed by atoms with Crippen molar-refractivity contribution in [2.75, 3.05) is 7.11 Å². The van der Waals surface area contributed by atoms with E-state index in [-0.39, 0.29) is 29.8 Å². The standard InChI is InChI=1S/C24H23N3O5.C2H6/c1-5-20(25-3)21(6-2)26(16-17-10-8-7-9-11-17)23(28)15-19-14-18(24(29)32-4)12-13-22(19)27(30)31;1-2/h5-14H,1-3,15-16H2,4H3;1-2H3/b21-20-;. The van der Waals surface area contributed by atoms with Crippen LogP contribution in [0.5, 0.6) is 0 Å². The van der Waals surface area contributed by atoms with Crippen LogP contribution in [0.4, 0.5) is 5.69 Å². The summed E-state index contributed by atoms with van der Waals surface area (Å²) in [4.78, 5) is 41.5. The van der Waals surface area contributed by atoms with Gasteiger partial charge in [0.1, 0.15) is 0 Å². The Hall–Kier alpha value is -4.33. The van der Waals surface area contributed by atoms with E-state index in [2.05, 4.69) is 29.6 Å². The van der Waals surface area contributed by atoms with Crippen LogP contribution in [0.1, 0.15) is 35.3 Å². The van der Waals surface area contributed by atoms with Crippen molar-refractivity contribution in [1.82, 2.24) is 4.90 Å². The minimum atomic E-state index is -0.661. The lowest BCUT2D eigenvalue weighted by Crippen LogP contribution is -2.31. The molecule has 0 saturated carbocycles. The number of nitro benzene ring substituents is 1. The van der Waals surface area contributed by atoms with Crippen molar-refractivity contribution in [3.05, 3.63) is 112 Å². The molecule has 2 rings (SSSR count). The summed E-state index contributed by atoms with van der Waals surface area (Å²) in [6.45, 7) is 15.1. The fourth-order valence-electron chi connectivity index (χ4n) is 3.09.